The van der Waals surface area contributed by atoms with Gasteiger partial charge in [-0.3, -0.25) is 4.79 Å². The fraction of sp³-hybridized carbons (Fsp3) is 0.500. The number of thiophene rings is 1. The Morgan fingerprint density at radius 2 is 2.40 bits per heavy atom. The average molecular weight is 289 g/mol. The van der Waals surface area contributed by atoms with E-state index in [1.165, 1.54) is 11.3 Å². The second-order valence-electron chi connectivity index (χ2n) is 3.51. The molecule has 0 bridgehead atoms. The van der Waals surface area contributed by atoms with E-state index in [9.17, 15) is 4.79 Å². The van der Waals surface area contributed by atoms with Crippen molar-refractivity contribution in [1.29, 1.82) is 0 Å². The van der Waals surface area contributed by atoms with Gasteiger partial charge >= 0.3 is 0 Å². The van der Waals surface area contributed by atoms with Gasteiger partial charge in [-0.15, -0.1) is 11.3 Å². The Bertz CT molecular complexity index is 362. The van der Waals surface area contributed by atoms with Gasteiger partial charge in [0.15, 0.2) is 0 Å². The Hall–Kier alpha value is -0.390. The van der Waals surface area contributed by atoms with Crippen LogP contribution in [0.3, 0.4) is 0 Å². The SMILES string of the molecule is CCN(C(=O)c1ccc(Br)s1)C1CNC1. The maximum atomic E-state index is 12.1. The Morgan fingerprint density at radius 1 is 1.67 bits per heavy atom. The fourth-order valence-electron chi connectivity index (χ4n) is 1.63. The monoisotopic (exact) mass is 288 g/mol. The van der Waals surface area contributed by atoms with E-state index in [0.717, 1.165) is 28.3 Å². The van der Waals surface area contributed by atoms with Crippen LogP contribution in [-0.2, 0) is 0 Å². The summed E-state index contributed by atoms with van der Waals surface area (Å²) in [4.78, 5) is 14.9. The van der Waals surface area contributed by atoms with Gasteiger partial charge in [-0.05, 0) is 35.0 Å². The largest absolute Gasteiger partial charge is 0.333 e. The Labute approximate surface area is 102 Å². The van der Waals surface area contributed by atoms with Crippen molar-refractivity contribution >= 4 is 33.2 Å². The zero-order chi connectivity index (χ0) is 10.8. The number of hydrogen-bond donors (Lipinski definition) is 1. The van der Waals surface area contributed by atoms with Crippen molar-refractivity contribution in [3.05, 3.63) is 20.8 Å². The molecule has 1 N–H and O–H groups in total. The number of nitrogens with zero attached hydrogens (tertiary/aromatic N) is 1. The lowest BCUT2D eigenvalue weighted by Crippen LogP contribution is -2.58. The number of carbonyl (C=O) groups is 1. The molecule has 0 saturated carbocycles. The maximum absolute atomic E-state index is 12.1. The van der Waals surface area contributed by atoms with E-state index < -0.39 is 0 Å². The van der Waals surface area contributed by atoms with Crippen LogP contribution in [0.25, 0.3) is 0 Å². The molecule has 2 heterocycles. The molecule has 1 aliphatic heterocycles. The highest BCUT2D eigenvalue weighted by atomic mass is 79.9. The minimum atomic E-state index is 0.153. The van der Waals surface area contributed by atoms with Gasteiger partial charge in [0.05, 0.1) is 14.7 Å². The van der Waals surface area contributed by atoms with Crippen molar-refractivity contribution in [2.24, 2.45) is 0 Å². The molecule has 0 atom stereocenters. The molecule has 1 amide bonds. The van der Waals surface area contributed by atoms with Crippen molar-refractivity contribution < 1.29 is 4.79 Å². The highest BCUT2D eigenvalue weighted by Gasteiger charge is 2.28. The molecule has 0 aromatic carbocycles. The molecular formula is C10H13BrN2OS. The normalized spacial score (nSPS) is 16.1. The molecular weight excluding hydrogens is 276 g/mol. The molecule has 82 valence electrons. The van der Waals surface area contributed by atoms with Crippen molar-refractivity contribution in [3.8, 4) is 0 Å². The predicted molar refractivity (Wildman–Crippen MR) is 65.4 cm³/mol. The second-order valence-corrected chi connectivity index (χ2v) is 5.97. The molecule has 15 heavy (non-hydrogen) atoms. The minimum Gasteiger partial charge on any atom is -0.333 e. The number of hydrogen-bond acceptors (Lipinski definition) is 3. The third kappa shape index (κ3) is 2.24. The van der Waals surface area contributed by atoms with E-state index in [1.54, 1.807) is 0 Å². The van der Waals surface area contributed by atoms with Crippen LogP contribution in [0.4, 0.5) is 0 Å². The van der Waals surface area contributed by atoms with Gasteiger partial charge in [-0.2, -0.15) is 0 Å². The van der Waals surface area contributed by atoms with Gasteiger partial charge < -0.3 is 10.2 Å². The fourth-order valence-corrected chi connectivity index (χ4v) is 2.97. The summed E-state index contributed by atoms with van der Waals surface area (Å²) >= 11 is 4.87. The number of amides is 1. The minimum absolute atomic E-state index is 0.153. The number of rotatable bonds is 3. The van der Waals surface area contributed by atoms with Crippen molar-refractivity contribution in [2.45, 2.75) is 13.0 Å². The smallest absolute Gasteiger partial charge is 0.264 e. The Balaban J connectivity index is 2.10. The molecule has 0 aliphatic carbocycles. The molecule has 0 unspecified atom stereocenters. The summed E-state index contributed by atoms with van der Waals surface area (Å²) in [6, 6.07) is 4.18. The summed E-state index contributed by atoms with van der Waals surface area (Å²) < 4.78 is 1.01. The first kappa shape index (κ1) is 11.1. The highest BCUT2D eigenvalue weighted by molar-refractivity contribution is 9.11. The molecule has 1 aromatic heterocycles. The number of carbonyl (C=O) groups excluding carboxylic acids is 1. The highest BCUT2D eigenvalue weighted by Crippen LogP contribution is 2.24. The molecule has 0 radical (unpaired) electrons. The third-order valence-corrected chi connectivity index (χ3v) is 4.20. The molecule has 1 aliphatic rings. The first-order valence-electron chi connectivity index (χ1n) is 4.99. The van der Waals surface area contributed by atoms with E-state index >= 15 is 0 Å². The maximum Gasteiger partial charge on any atom is 0.264 e. The number of halogens is 1. The van der Waals surface area contributed by atoms with Crippen LogP contribution in [-0.4, -0.2) is 36.5 Å². The van der Waals surface area contributed by atoms with E-state index in [4.69, 9.17) is 0 Å². The van der Waals surface area contributed by atoms with Gasteiger partial charge in [0, 0.05) is 19.6 Å². The molecule has 3 nitrogen and oxygen atoms in total. The van der Waals surface area contributed by atoms with Crippen LogP contribution in [0.2, 0.25) is 0 Å². The standard InChI is InChI=1S/C10H13BrN2OS/c1-2-13(7-5-12-6-7)10(14)8-3-4-9(11)15-8/h3-4,7,12H,2,5-6H2,1H3. The van der Waals surface area contributed by atoms with Gasteiger partial charge in [-0.1, -0.05) is 0 Å². The number of likely N-dealkylation sites (N-methyl/N-ethyl adjacent to an activating group) is 1. The molecule has 1 saturated heterocycles. The molecule has 1 aromatic rings. The lowest BCUT2D eigenvalue weighted by atomic mass is 10.1. The topological polar surface area (TPSA) is 32.3 Å². The van der Waals surface area contributed by atoms with Crippen LogP contribution in [0.15, 0.2) is 15.9 Å². The Morgan fingerprint density at radius 3 is 2.80 bits per heavy atom. The van der Waals surface area contributed by atoms with Gasteiger partial charge in [-0.25, -0.2) is 0 Å². The number of nitrogens with one attached hydrogen (secondary N) is 1. The predicted octanol–water partition coefficient (Wildman–Crippen LogP) is 1.94. The summed E-state index contributed by atoms with van der Waals surface area (Å²) in [5, 5.41) is 3.19. The average Bonchev–Trinajstić information content (AvgIpc) is 2.57. The summed E-state index contributed by atoms with van der Waals surface area (Å²) in [6.07, 6.45) is 0. The molecule has 1 fully saturated rings. The Kier molecular flexibility index (Phi) is 3.43. The quantitative estimate of drug-likeness (QED) is 0.922. The zero-order valence-corrected chi connectivity index (χ0v) is 10.9. The third-order valence-electron chi connectivity index (χ3n) is 2.59. The van der Waals surface area contributed by atoms with Crippen LogP contribution in [0.1, 0.15) is 16.6 Å². The molecule has 5 heteroatoms. The lowest BCUT2D eigenvalue weighted by Gasteiger charge is -2.37. The zero-order valence-electron chi connectivity index (χ0n) is 8.50. The van der Waals surface area contributed by atoms with Crippen molar-refractivity contribution in [3.63, 3.8) is 0 Å². The van der Waals surface area contributed by atoms with Crippen LogP contribution < -0.4 is 5.32 Å². The first-order chi connectivity index (χ1) is 7.22. The second kappa shape index (κ2) is 4.63. The summed E-state index contributed by atoms with van der Waals surface area (Å²) in [5.41, 5.74) is 0. The summed E-state index contributed by atoms with van der Waals surface area (Å²) in [7, 11) is 0. The van der Waals surface area contributed by atoms with Crippen molar-refractivity contribution in [2.75, 3.05) is 19.6 Å². The van der Waals surface area contributed by atoms with Gasteiger partial charge in [0.25, 0.3) is 5.91 Å². The van der Waals surface area contributed by atoms with Gasteiger partial charge in [0.1, 0.15) is 0 Å². The summed E-state index contributed by atoms with van der Waals surface area (Å²) in [5.74, 6) is 0.153. The molecule has 2 rings (SSSR count). The van der Waals surface area contributed by atoms with Crippen LogP contribution >= 0.6 is 27.3 Å². The lowest BCUT2D eigenvalue weighted by molar-refractivity contribution is 0.0635. The van der Waals surface area contributed by atoms with E-state index in [-0.39, 0.29) is 5.91 Å². The van der Waals surface area contributed by atoms with E-state index in [0.29, 0.717) is 6.04 Å². The molecule has 0 spiro atoms. The van der Waals surface area contributed by atoms with Crippen LogP contribution in [0, 0.1) is 0 Å². The van der Waals surface area contributed by atoms with Crippen molar-refractivity contribution in [1.82, 2.24) is 10.2 Å². The van der Waals surface area contributed by atoms with Crippen LogP contribution in [0.5, 0.6) is 0 Å². The summed E-state index contributed by atoms with van der Waals surface area (Å²) in [6.45, 7) is 4.65. The van der Waals surface area contributed by atoms with E-state index in [2.05, 4.69) is 21.2 Å². The van der Waals surface area contributed by atoms with E-state index in [1.807, 2.05) is 24.0 Å². The first-order valence-corrected chi connectivity index (χ1v) is 6.60. The van der Waals surface area contributed by atoms with Gasteiger partial charge in [0.2, 0.25) is 0 Å².